The Morgan fingerprint density at radius 1 is 0.953 bits per heavy atom. The number of nitrogens with one attached hydrogen (secondary N) is 1. The summed E-state index contributed by atoms with van der Waals surface area (Å²) in [4.78, 5) is 43.9. The van der Waals surface area contributed by atoms with Gasteiger partial charge in [-0.3, -0.25) is 9.59 Å². The minimum atomic E-state index is -0.561. The van der Waals surface area contributed by atoms with Crippen LogP contribution in [0.25, 0.3) is 0 Å². The van der Waals surface area contributed by atoms with Gasteiger partial charge in [0.1, 0.15) is 11.4 Å². The molecule has 2 aromatic rings. The first-order valence-electron chi connectivity index (χ1n) is 15.6. The molecule has 234 valence electrons. The molecule has 8 heteroatoms. The maximum absolute atomic E-state index is 15.0. The number of hydrogen-bond acceptors (Lipinski definition) is 4. The highest BCUT2D eigenvalue weighted by Crippen LogP contribution is 2.35. The van der Waals surface area contributed by atoms with Crippen LogP contribution in [0.5, 0.6) is 0 Å². The third-order valence-electron chi connectivity index (χ3n) is 8.65. The minimum Gasteiger partial charge on any atom is -0.444 e. The van der Waals surface area contributed by atoms with Gasteiger partial charge in [0.05, 0.1) is 11.5 Å². The van der Waals surface area contributed by atoms with E-state index < -0.39 is 17.3 Å². The lowest BCUT2D eigenvalue weighted by atomic mass is 9.79. The summed E-state index contributed by atoms with van der Waals surface area (Å²) in [6.07, 6.45) is 3.10. The van der Waals surface area contributed by atoms with Crippen molar-refractivity contribution in [1.29, 1.82) is 0 Å². The highest BCUT2D eigenvalue weighted by atomic mass is 19.1. The summed E-state index contributed by atoms with van der Waals surface area (Å²) < 4.78 is 20.5. The van der Waals surface area contributed by atoms with Gasteiger partial charge in [0, 0.05) is 31.4 Å². The van der Waals surface area contributed by atoms with Crippen molar-refractivity contribution in [3.63, 3.8) is 0 Å². The summed E-state index contributed by atoms with van der Waals surface area (Å²) in [7, 11) is 0. The lowest BCUT2D eigenvalue weighted by Gasteiger charge is -2.43. The van der Waals surface area contributed by atoms with Crippen molar-refractivity contribution in [2.45, 2.75) is 97.6 Å². The predicted octanol–water partition coefficient (Wildman–Crippen LogP) is 7.33. The Morgan fingerprint density at radius 2 is 1.63 bits per heavy atom. The van der Waals surface area contributed by atoms with E-state index in [0.717, 1.165) is 24.1 Å². The molecule has 0 spiro atoms. The Kier molecular flexibility index (Phi) is 9.87. The van der Waals surface area contributed by atoms with Crippen molar-refractivity contribution >= 4 is 23.6 Å². The number of amides is 3. The number of nitrogens with zero attached hydrogens (tertiary/aromatic N) is 2. The van der Waals surface area contributed by atoms with Crippen LogP contribution in [0.3, 0.4) is 0 Å². The molecule has 0 bridgehead atoms. The van der Waals surface area contributed by atoms with E-state index in [4.69, 9.17) is 4.74 Å². The zero-order valence-corrected chi connectivity index (χ0v) is 26.8. The quantitative estimate of drug-likeness (QED) is 0.394. The fourth-order valence-electron chi connectivity index (χ4n) is 6.27. The lowest BCUT2D eigenvalue weighted by Crippen LogP contribution is -2.53. The third kappa shape index (κ3) is 8.15. The van der Waals surface area contributed by atoms with Gasteiger partial charge in [0.25, 0.3) is 5.91 Å². The number of likely N-dealkylation sites (tertiary alicyclic amines) is 2. The molecule has 7 nitrogen and oxygen atoms in total. The SMILES string of the molecule is Cc1cccc(F)c1C(=O)N1CCCC(C(=O)Nc2cccc(C(C)(C)C)c2)[C@@H]1CC1CCN(C(=O)OC(C)(C)C)CC1. The second kappa shape index (κ2) is 13.1. The number of aryl methyl sites for hydroxylation is 1. The van der Waals surface area contributed by atoms with Crippen LogP contribution >= 0.6 is 0 Å². The largest absolute Gasteiger partial charge is 0.444 e. The molecule has 2 aliphatic rings. The van der Waals surface area contributed by atoms with E-state index in [2.05, 4.69) is 32.2 Å². The monoisotopic (exact) mass is 593 g/mol. The molecular weight excluding hydrogens is 545 g/mol. The van der Waals surface area contributed by atoms with Crippen LogP contribution in [0.2, 0.25) is 0 Å². The molecule has 0 saturated carbocycles. The van der Waals surface area contributed by atoms with Crippen molar-refractivity contribution < 1.29 is 23.5 Å². The number of halogens is 1. The zero-order valence-electron chi connectivity index (χ0n) is 26.8. The van der Waals surface area contributed by atoms with Gasteiger partial charge in [-0.25, -0.2) is 9.18 Å². The van der Waals surface area contributed by atoms with E-state index in [0.29, 0.717) is 44.5 Å². The first-order chi connectivity index (χ1) is 20.1. The Morgan fingerprint density at radius 3 is 2.26 bits per heavy atom. The molecule has 0 radical (unpaired) electrons. The van der Waals surface area contributed by atoms with E-state index in [1.807, 2.05) is 39.0 Å². The lowest BCUT2D eigenvalue weighted by molar-refractivity contribution is -0.123. The molecule has 2 atom stereocenters. The van der Waals surface area contributed by atoms with Crippen LogP contribution in [-0.2, 0) is 14.9 Å². The second-order valence-corrected chi connectivity index (χ2v) is 14.2. The van der Waals surface area contributed by atoms with Crippen LogP contribution in [0.1, 0.15) is 95.1 Å². The fraction of sp³-hybridized carbons (Fsp3) is 0.571. The number of piperidine rings is 2. The summed E-state index contributed by atoms with van der Waals surface area (Å²) in [5.74, 6) is -1.26. The molecule has 1 N–H and O–H groups in total. The van der Waals surface area contributed by atoms with Gasteiger partial charge >= 0.3 is 6.09 Å². The normalized spacial score (nSPS) is 20.1. The van der Waals surface area contributed by atoms with Crippen LogP contribution < -0.4 is 5.32 Å². The first kappa shape index (κ1) is 32.5. The van der Waals surface area contributed by atoms with E-state index in [1.165, 1.54) is 6.07 Å². The third-order valence-corrected chi connectivity index (χ3v) is 8.65. The molecule has 2 aliphatic heterocycles. The fourth-order valence-corrected chi connectivity index (χ4v) is 6.27. The van der Waals surface area contributed by atoms with Crippen molar-refractivity contribution in [1.82, 2.24) is 9.80 Å². The van der Waals surface area contributed by atoms with Gasteiger partial charge in [-0.15, -0.1) is 0 Å². The Balaban J connectivity index is 1.57. The number of rotatable bonds is 5. The van der Waals surface area contributed by atoms with Gasteiger partial charge in [-0.05, 0) is 100 Å². The maximum Gasteiger partial charge on any atom is 0.410 e. The number of carbonyl (C=O) groups excluding carboxylic acids is 3. The number of carbonyl (C=O) groups is 3. The van der Waals surface area contributed by atoms with Gasteiger partial charge in [-0.1, -0.05) is 45.0 Å². The summed E-state index contributed by atoms with van der Waals surface area (Å²) in [6.45, 7) is 15.3. The minimum absolute atomic E-state index is 0.0664. The average Bonchev–Trinajstić information content (AvgIpc) is 2.92. The molecule has 0 aliphatic carbocycles. The smallest absolute Gasteiger partial charge is 0.410 e. The summed E-state index contributed by atoms with van der Waals surface area (Å²) in [5.41, 5.74) is 1.88. The maximum atomic E-state index is 15.0. The predicted molar refractivity (Wildman–Crippen MR) is 168 cm³/mol. The highest BCUT2D eigenvalue weighted by molar-refractivity contribution is 5.98. The van der Waals surface area contributed by atoms with Crippen LogP contribution in [0.4, 0.5) is 14.9 Å². The van der Waals surface area contributed by atoms with Crippen molar-refractivity contribution in [3.8, 4) is 0 Å². The molecule has 2 aromatic carbocycles. The number of ether oxygens (including phenoxy) is 1. The Labute approximate surface area is 256 Å². The average molecular weight is 594 g/mol. The molecular formula is C35H48FN3O4. The van der Waals surface area contributed by atoms with E-state index >= 15 is 0 Å². The van der Waals surface area contributed by atoms with Gasteiger partial charge in [0.2, 0.25) is 5.91 Å². The molecule has 2 heterocycles. The van der Waals surface area contributed by atoms with Crippen LogP contribution in [0, 0.1) is 24.6 Å². The van der Waals surface area contributed by atoms with Gasteiger partial charge in [0.15, 0.2) is 0 Å². The molecule has 4 rings (SSSR count). The first-order valence-corrected chi connectivity index (χ1v) is 15.6. The molecule has 3 amide bonds. The van der Waals surface area contributed by atoms with E-state index in [1.54, 1.807) is 28.9 Å². The van der Waals surface area contributed by atoms with E-state index in [-0.39, 0.29) is 40.8 Å². The van der Waals surface area contributed by atoms with Crippen molar-refractivity contribution in [2.24, 2.45) is 11.8 Å². The van der Waals surface area contributed by atoms with Crippen molar-refractivity contribution in [3.05, 3.63) is 65.0 Å². The zero-order chi connectivity index (χ0) is 31.5. The second-order valence-electron chi connectivity index (χ2n) is 14.2. The number of anilines is 1. The van der Waals surface area contributed by atoms with Crippen LogP contribution in [-0.4, -0.2) is 59.0 Å². The van der Waals surface area contributed by atoms with E-state index in [9.17, 15) is 18.8 Å². The molecule has 0 aromatic heterocycles. The van der Waals surface area contributed by atoms with Gasteiger partial charge in [-0.2, -0.15) is 0 Å². The van der Waals surface area contributed by atoms with Crippen molar-refractivity contribution in [2.75, 3.05) is 25.0 Å². The Bertz CT molecular complexity index is 1300. The number of hydrogen-bond donors (Lipinski definition) is 1. The molecule has 1 unspecified atom stereocenters. The number of benzene rings is 2. The Hall–Kier alpha value is -3.42. The topological polar surface area (TPSA) is 79.0 Å². The van der Waals surface area contributed by atoms with Gasteiger partial charge < -0.3 is 19.9 Å². The van der Waals surface area contributed by atoms with Crippen LogP contribution in [0.15, 0.2) is 42.5 Å². The molecule has 2 fully saturated rings. The highest BCUT2D eigenvalue weighted by Gasteiger charge is 2.41. The summed E-state index contributed by atoms with van der Waals surface area (Å²) >= 11 is 0. The molecule has 2 saturated heterocycles. The molecule has 43 heavy (non-hydrogen) atoms. The standard InChI is InChI=1S/C35H48FN3O4/c1-23-11-8-15-28(36)30(23)32(41)39-18-10-14-27(31(40)37-26-13-9-12-25(22-26)34(2,3)4)29(39)21-24-16-19-38(20-17-24)33(42)43-35(5,6)7/h8-9,11-13,15,22,24,27,29H,10,14,16-21H2,1-7H3,(H,37,40)/t27?,29-/m0/s1. The summed E-state index contributed by atoms with van der Waals surface area (Å²) in [5, 5.41) is 3.14. The summed E-state index contributed by atoms with van der Waals surface area (Å²) in [6, 6.07) is 12.2.